The second kappa shape index (κ2) is 13.7. The third-order valence-electron chi connectivity index (χ3n) is 5.93. The monoisotopic (exact) mass is 470 g/mol. The Morgan fingerprint density at radius 3 is 2.36 bits per heavy atom. The van der Waals surface area contributed by atoms with Crippen LogP contribution in [0.3, 0.4) is 0 Å². The first-order valence-corrected chi connectivity index (χ1v) is 11.4. The summed E-state index contributed by atoms with van der Waals surface area (Å²) in [6.45, 7) is 4.27. The molecule has 4 amide bonds. The number of nitrogens with two attached hydrogens (primary N) is 3. The van der Waals surface area contributed by atoms with Crippen molar-refractivity contribution in [2.24, 2.45) is 23.1 Å². The fourth-order valence-electron chi connectivity index (χ4n) is 3.77. The lowest BCUT2D eigenvalue weighted by Crippen LogP contribution is -2.57. The van der Waals surface area contributed by atoms with Gasteiger partial charge in [0.15, 0.2) is 0 Å². The molecule has 1 aliphatic heterocycles. The normalized spacial score (nSPS) is 19.3. The van der Waals surface area contributed by atoms with E-state index >= 15 is 0 Å². The molecule has 5 unspecified atom stereocenters. The molecule has 9 N–H and O–H groups in total. The number of unbranched alkanes of at least 4 members (excludes halogenated alkanes) is 1. The van der Waals surface area contributed by atoms with E-state index in [-0.39, 0.29) is 18.8 Å². The Morgan fingerprint density at radius 2 is 1.82 bits per heavy atom. The molecule has 0 aromatic rings. The highest BCUT2D eigenvalue weighted by Crippen LogP contribution is 2.21. The Kier molecular flexibility index (Phi) is 11.8. The molecule has 0 saturated carbocycles. The third kappa shape index (κ3) is 8.61. The van der Waals surface area contributed by atoms with Crippen LogP contribution in [0.2, 0.25) is 0 Å². The minimum absolute atomic E-state index is 0.278. The molecule has 12 heteroatoms. The predicted octanol–water partition coefficient (Wildman–Crippen LogP) is -1.59. The van der Waals surface area contributed by atoms with Crippen molar-refractivity contribution in [3.8, 4) is 0 Å². The van der Waals surface area contributed by atoms with Crippen LogP contribution in [0.15, 0.2) is 0 Å². The van der Waals surface area contributed by atoms with Crippen LogP contribution < -0.4 is 27.8 Å². The fourth-order valence-corrected chi connectivity index (χ4v) is 3.77. The molecule has 0 radical (unpaired) electrons. The second-order valence-electron chi connectivity index (χ2n) is 8.52. The van der Waals surface area contributed by atoms with E-state index in [2.05, 4.69) is 10.6 Å². The van der Waals surface area contributed by atoms with Gasteiger partial charge in [0.25, 0.3) is 0 Å². The summed E-state index contributed by atoms with van der Waals surface area (Å²) in [5, 5.41) is 14.6. The number of aliphatic carboxylic acids is 1. The summed E-state index contributed by atoms with van der Waals surface area (Å²) < 4.78 is 0. The van der Waals surface area contributed by atoms with Crippen molar-refractivity contribution in [2.75, 3.05) is 13.1 Å². The summed E-state index contributed by atoms with van der Waals surface area (Å²) in [6.07, 6.45) is 2.61. The average Bonchev–Trinajstić information content (AvgIpc) is 3.24. The van der Waals surface area contributed by atoms with Crippen molar-refractivity contribution in [3.05, 3.63) is 0 Å². The number of carbonyl (C=O) groups excluding carboxylic acids is 4. The minimum atomic E-state index is -1.20. The molecule has 0 aromatic heterocycles. The lowest BCUT2D eigenvalue weighted by Gasteiger charge is -2.30. The van der Waals surface area contributed by atoms with Crippen LogP contribution in [0.5, 0.6) is 0 Å². The third-order valence-corrected chi connectivity index (χ3v) is 5.93. The number of primary amides is 1. The maximum absolute atomic E-state index is 13.3. The van der Waals surface area contributed by atoms with Gasteiger partial charge in [-0.2, -0.15) is 0 Å². The number of hydrogen-bond donors (Lipinski definition) is 6. The van der Waals surface area contributed by atoms with Crippen LogP contribution in [0, 0.1) is 5.92 Å². The Labute approximate surface area is 194 Å². The SMILES string of the molecule is CCC(C)C(NC(=O)C1CCCN1C(=O)C(CCCCN)NC(=O)C(N)CC(N)=O)C(=O)O. The van der Waals surface area contributed by atoms with Crippen LogP contribution in [0.1, 0.15) is 58.8 Å². The van der Waals surface area contributed by atoms with Gasteiger partial charge in [-0.3, -0.25) is 19.2 Å². The van der Waals surface area contributed by atoms with Gasteiger partial charge in [0.1, 0.15) is 18.1 Å². The van der Waals surface area contributed by atoms with Gasteiger partial charge in [-0.1, -0.05) is 20.3 Å². The van der Waals surface area contributed by atoms with E-state index in [4.69, 9.17) is 17.2 Å². The molecule has 0 bridgehead atoms. The Balaban J connectivity index is 2.97. The van der Waals surface area contributed by atoms with Crippen LogP contribution in [-0.2, 0) is 24.0 Å². The topological polar surface area (TPSA) is 211 Å². The predicted molar refractivity (Wildman–Crippen MR) is 120 cm³/mol. The van der Waals surface area contributed by atoms with E-state index < -0.39 is 53.8 Å². The van der Waals surface area contributed by atoms with Gasteiger partial charge in [0, 0.05) is 6.54 Å². The van der Waals surface area contributed by atoms with E-state index in [1.807, 2.05) is 6.92 Å². The molecule has 33 heavy (non-hydrogen) atoms. The Bertz CT molecular complexity index is 717. The van der Waals surface area contributed by atoms with E-state index in [9.17, 15) is 29.1 Å². The smallest absolute Gasteiger partial charge is 0.326 e. The average molecular weight is 471 g/mol. The zero-order valence-corrected chi connectivity index (χ0v) is 19.4. The molecule has 1 saturated heterocycles. The van der Waals surface area contributed by atoms with E-state index in [0.717, 1.165) is 0 Å². The summed E-state index contributed by atoms with van der Waals surface area (Å²) in [5.41, 5.74) is 16.3. The van der Waals surface area contributed by atoms with Gasteiger partial charge >= 0.3 is 5.97 Å². The van der Waals surface area contributed by atoms with Crippen molar-refractivity contribution in [1.29, 1.82) is 0 Å². The minimum Gasteiger partial charge on any atom is -0.480 e. The molecular formula is C21H38N6O6. The quantitative estimate of drug-likeness (QED) is 0.162. The number of likely N-dealkylation sites (tertiary alicyclic amines) is 1. The van der Waals surface area contributed by atoms with Crippen molar-refractivity contribution in [1.82, 2.24) is 15.5 Å². The largest absolute Gasteiger partial charge is 0.480 e. The zero-order chi connectivity index (χ0) is 25.1. The zero-order valence-electron chi connectivity index (χ0n) is 19.4. The Hall–Kier alpha value is -2.73. The molecule has 1 heterocycles. The molecule has 1 rings (SSSR count). The molecule has 188 valence electrons. The van der Waals surface area contributed by atoms with Gasteiger partial charge in [-0.15, -0.1) is 0 Å². The number of carboxylic acid groups (broad SMARTS) is 1. The summed E-state index contributed by atoms with van der Waals surface area (Å²) in [7, 11) is 0. The second-order valence-corrected chi connectivity index (χ2v) is 8.52. The number of carboxylic acids is 1. The summed E-state index contributed by atoms with van der Waals surface area (Å²) >= 11 is 0. The standard InChI is InChI=1S/C21H38N6O6/c1-3-12(2)17(21(32)33)26-19(30)15-8-6-10-27(15)20(31)14(7-4-5-9-22)25-18(29)13(23)11-16(24)28/h12-15,17H,3-11,22-23H2,1-2H3,(H2,24,28)(H,25,29)(H,26,30)(H,32,33). The number of amides is 4. The van der Waals surface area contributed by atoms with Gasteiger partial charge in [0.2, 0.25) is 23.6 Å². The molecule has 12 nitrogen and oxygen atoms in total. The lowest BCUT2D eigenvalue weighted by atomic mass is 9.98. The maximum Gasteiger partial charge on any atom is 0.326 e. The highest BCUT2D eigenvalue weighted by molar-refractivity contribution is 5.95. The van der Waals surface area contributed by atoms with Gasteiger partial charge in [-0.25, -0.2) is 4.79 Å². The first-order chi connectivity index (χ1) is 15.5. The molecule has 5 atom stereocenters. The van der Waals surface area contributed by atoms with Crippen molar-refractivity contribution in [3.63, 3.8) is 0 Å². The summed E-state index contributed by atoms with van der Waals surface area (Å²) in [6, 6.07) is -4.05. The summed E-state index contributed by atoms with van der Waals surface area (Å²) in [4.78, 5) is 62.6. The molecule has 1 fully saturated rings. The van der Waals surface area contributed by atoms with Crippen LogP contribution in [0.4, 0.5) is 0 Å². The number of carbonyl (C=O) groups is 5. The van der Waals surface area contributed by atoms with E-state index in [1.165, 1.54) is 4.90 Å². The van der Waals surface area contributed by atoms with Gasteiger partial charge in [-0.05, 0) is 44.6 Å². The van der Waals surface area contributed by atoms with Crippen molar-refractivity contribution >= 4 is 29.6 Å². The first-order valence-electron chi connectivity index (χ1n) is 11.4. The number of nitrogens with zero attached hydrogens (tertiary/aromatic N) is 1. The summed E-state index contributed by atoms with van der Waals surface area (Å²) in [5.74, 6) is -3.85. The highest BCUT2D eigenvalue weighted by atomic mass is 16.4. The molecule has 0 spiro atoms. The molecule has 0 aliphatic carbocycles. The number of nitrogens with one attached hydrogen (secondary N) is 2. The Morgan fingerprint density at radius 1 is 1.15 bits per heavy atom. The maximum atomic E-state index is 13.3. The first kappa shape index (κ1) is 28.3. The number of hydrogen-bond acceptors (Lipinski definition) is 7. The van der Waals surface area contributed by atoms with Crippen LogP contribution >= 0.6 is 0 Å². The van der Waals surface area contributed by atoms with E-state index in [1.54, 1.807) is 6.92 Å². The van der Waals surface area contributed by atoms with Gasteiger partial charge < -0.3 is 37.8 Å². The number of rotatable bonds is 14. The van der Waals surface area contributed by atoms with Crippen LogP contribution in [-0.4, -0.2) is 76.9 Å². The van der Waals surface area contributed by atoms with Crippen LogP contribution in [0.25, 0.3) is 0 Å². The van der Waals surface area contributed by atoms with Gasteiger partial charge in [0.05, 0.1) is 12.5 Å². The van der Waals surface area contributed by atoms with Crippen molar-refractivity contribution < 1.29 is 29.1 Å². The van der Waals surface area contributed by atoms with Crippen molar-refractivity contribution in [2.45, 2.75) is 83.0 Å². The molecule has 0 aromatic carbocycles. The van der Waals surface area contributed by atoms with E-state index in [0.29, 0.717) is 45.2 Å². The molecule has 1 aliphatic rings. The molecular weight excluding hydrogens is 432 g/mol. The lowest BCUT2D eigenvalue weighted by molar-refractivity contribution is -0.146. The highest BCUT2D eigenvalue weighted by Gasteiger charge is 2.39. The fraction of sp³-hybridized carbons (Fsp3) is 0.762.